The zero-order valence-corrected chi connectivity index (χ0v) is 20.7. The van der Waals surface area contributed by atoms with Gasteiger partial charge in [0.1, 0.15) is 17.6 Å². The van der Waals surface area contributed by atoms with Crippen LogP contribution in [0.5, 0.6) is 5.75 Å². The average molecular weight is 557 g/mol. The second-order valence-corrected chi connectivity index (χ2v) is 7.72. The summed E-state index contributed by atoms with van der Waals surface area (Å²) < 4.78 is 28.3. The van der Waals surface area contributed by atoms with E-state index in [2.05, 4.69) is 10.6 Å². The molecular weight excluding hydrogens is 525 g/mol. The Morgan fingerprint density at radius 3 is 2.69 bits per heavy atom. The second-order valence-electron chi connectivity index (χ2n) is 7.72. The lowest BCUT2D eigenvalue weighted by Crippen LogP contribution is -2.43. The van der Waals surface area contributed by atoms with Crippen molar-refractivity contribution >= 4 is 29.9 Å². The van der Waals surface area contributed by atoms with E-state index in [1.807, 2.05) is 36.4 Å². The fraction of sp³-hybridized carbons (Fsp3) is 0.522. The summed E-state index contributed by atoms with van der Waals surface area (Å²) in [5.41, 5.74) is 1.11. The molecule has 3 heterocycles. The van der Waals surface area contributed by atoms with E-state index < -0.39 is 5.79 Å². The number of aliphatic imine (C=N–C) groups is 1. The molecule has 2 aliphatic rings. The Kier molecular flexibility index (Phi) is 9.64. The van der Waals surface area contributed by atoms with Crippen LogP contribution < -0.4 is 15.4 Å². The largest absolute Gasteiger partial charge is 0.497 e. The summed E-state index contributed by atoms with van der Waals surface area (Å²) >= 11 is 0. The molecule has 0 aliphatic carbocycles. The molecule has 32 heavy (non-hydrogen) atoms. The standard InChI is InChI=1S/C23H31N3O5.HI/c1-27-19-6-4-18(5-7-19)15-25-22(24-11-8-20-3-2-12-29-20)26-16-21-17-30-23(31-21)9-13-28-14-10-23;/h2-7,12,21H,8-11,13-17H2,1H3,(H2,24,25,26);1H. The molecule has 4 rings (SSSR count). The molecule has 2 aromatic rings. The second kappa shape index (κ2) is 12.4. The summed E-state index contributed by atoms with van der Waals surface area (Å²) in [5.74, 6) is 2.04. The number of ether oxygens (including phenoxy) is 4. The van der Waals surface area contributed by atoms with Crippen LogP contribution in [0.15, 0.2) is 52.1 Å². The maximum Gasteiger partial charge on any atom is 0.191 e. The molecule has 1 aromatic heterocycles. The molecule has 1 spiro atoms. The Labute approximate surface area is 206 Å². The van der Waals surface area contributed by atoms with Gasteiger partial charge >= 0.3 is 0 Å². The van der Waals surface area contributed by atoms with E-state index in [0.717, 1.165) is 42.3 Å². The minimum absolute atomic E-state index is 0. The molecule has 2 fully saturated rings. The fourth-order valence-electron chi connectivity index (χ4n) is 3.71. The summed E-state index contributed by atoms with van der Waals surface area (Å²) in [4.78, 5) is 4.74. The van der Waals surface area contributed by atoms with E-state index in [-0.39, 0.29) is 30.1 Å². The quantitative estimate of drug-likeness (QED) is 0.293. The van der Waals surface area contributed by atoms with Crippen molar-refractivity contribution in [3.63, 3.8) is 0 Å². The Morgan fingerprint density at radius 2 is 1.97 bits per heavy atom. The van der Waals surface area contributed by atoms with Crippen molar-refractivity contribution in [2.45, 2.75) is 37.7 Å². The first-order valence-electron chi connectivity index (χ1n) is 10.8. The molecule has 0 amide bonds. The first-order chi connectivity index (χ1) is 15.2. The van der Waals surface area contributed by atoms with Crippen LogP contribution in [0, 0.1) is 0 Å². The molecule has 1 atom stereocenters. The number of hydrogen-bond acceptors (Lipinski definition) is 6. The third-order valence-corrected chi connectivity index (χ3v) is 5.49. The summed E-state index contributed by atoms with van der Waals surface area (Å²) in [7, 11) is 1.66. The van der Waals surface area contributed by atoms with Crippen LogP contribution in [0.1, 0.15) is 24.2 Å². The van der Waals surface area contributed by atoms with Crippen LogP contribution in [0.25, 0.3) is 0 Å². The van der Waals surface area contributed by atoms with Gasteiger partial charge in [-0.25, -0.2) is 4.99 Å². The van der Waals surface area contributed by atoms with Gasteiger partial charge in [0, 0.05) is 32.4 Å². The third kappa shape index (κ3) is 7.09. The van der Waals surface area contributed by atoms with Gasteiger partial charge in [-0.1, -0.05) is 12.1 Å². The van der Waals surface area contributed by atoms with Gasteiger partial charge in [0.2, 0.25) is 0 Å². The highest BCUT2D eigenvalue weighted by atomic mass is 127. The van der Waals surface area contributed by atoms with E-state index in [9.17, 15) is 0 Å². The normalized spacial score (nSPS) is 20.0. The lowest BCUT2D eigenvalue weighted by Gasteiger charge is -2.31. The Morgan fingerprint density at radius 1 is 1.16 bits per heavy atom. The molecule has 2 N–H and O–H groups in total. The highest BCUT2D eigenvalue weighted by molar-refractivity contribution is 14.0. The smallest absolute Gasteiger partial charge is 0.191 e. The van der Waals surface area contributed by atoms with E-state index in [1.54, 1.807) is 13.4 Å². The monoisotopic (exact) mass is 557 g/mol. The number of nitrogens with zero attached hydrogens (tertiary/aromatic N) is 1. The van der Waals surface area contributed by atoms with E-state index in [0.29, 0.717) is 39.5 Å². The molecule has 2 aliphatic heterocycles. The predicted octanol–water partition coefficient (Wildman–Crippen LogP) is 3.11. The highest BCUT2D eigenvalue weighted by Gasteiger charge is 2.42. The van der Waals surface area contributed by atoms with Crippen LogP contribution in [0.2, 0.25) is 0 Å². The molecule has 9 heteroatoms. The van der Waals surface area contributed by atoms with Crippen molar-refractivity contribution in [3.05, 3.63) is 54.0 Å². The van der Waals surface area contributed by atoms with Crippen molar-refractivity contribution in [3.8, 4) is 5.75 Å². The van der Waals surface area contributed by atoms with Gasteiger partial charge in [-0.15, -0.1) is 24.0 Å². The number of furan rings is 1. The Balaban J connectivity index is 0.00000289. The van der Waals surface area contributed by atoms with Gasteiger partial charge in [0.25, 0.3) is 0 Å². The molecule has 0 saturated carbocycles. The number of rotatable bonds is 8. The maximum atomic E-state index is 6.22. The number of methoxy groups -OCH3 is 1. The van der Waals surface area contributed by atoms with Crippen LogP contribution in [0.4, 0.5) is 0 Å². The van der Waals surface area contributed by atoms with Gasteiger partial charge in [0.15, 0.2) is 11.7 Å². The zero-order valence-electron chi connectivity index (χ0n) is 18.4. The van der Waals surface area contributed by atoms with Crippen LogP contribution in [-0.4, -0.2) is 57.9 Å². The molecule has 0 radical (unpaired) electrons. The Hall–Kier alpha value is -1.82. The van der Waals surface area contributed by atoms with Crippen molar-refractivity contribution in [1.82, 2.24) is 10.6 Å². The van der Waals surface area contributed by atoms with Crippen LogP contribution >= 0.6 is 24.0 Å². The minimum atomic E-state index is -0.474. The summed E-state index contributed by atoms with van der Waals surface area (Å²) in [6.07, 6.45) is 4.02. The molecule has 176 valence electrons. The first-order valence-corrected chi connectivity index (χ1v) is 10.8. The lowest BCUT2D eigenvalue weighted by atomic mass is 10.1. The number of guanidine groups is 1. The average Bonchev–Trinajstić information content (AvgIpc) is 3.46. The molecule has 2 saturated heterocycles. The fourth-order valence-corrected chi connectivity index (χ4v) is 3.71. The highest BCUT2D eigenvalue weighted by Crippen LogP contribution is 2.32. The minimum Gasteiger partial charge on any atom is -0.497 e. The van der Waals surface area contributed by atoms with Crippen molar-refractivity contribution < 1.29 is 23.4 Å². The topological polar surface area (TPSA) is 86.5 Å². The third-order valence-electron chi connectivity index (χ3n) is 5.49. The van der Waals surface area contributed by atoms with Crippen molar-refractivity contribution in [2.24, 2.45) is 4.99 Å². The molecular formula is C23H32IN3O5. The zero-order chi connectivity index (χ0) is 21.4. The maximum absolute atomic E-state index is 6.22. The molecule has 1 aromatic carbocycles. The molecule has 1 unspecified atom stereocenters. The lowest BCUT2D eigenvalue weighted by molar-refractivity contribution is -0.210. The summed E-state index contributed by atoms with van der Waals surface area (Å²) in [6.45, 7) is 3.84. The summed E-state index contributed by atoms with van der Waals surface area (Å²) in [6, 6.07) is 11.8. The van der Waals surface area contributed by atoms with Gasteiger partial charge in [-0.05, 0) is 29.8 Å². The predicted molar refractivity (Wildman–Crippen MR) is 132 cm³/mol. The first kappa shape index (κ1) is 24.8. The van der Waals surface area contributed by atoms with Crippen LogP contribution in [-0.2, 0) is 27.2 Å². The Bertz CT molecular complexity index is 823. The van der Waals surface area contributed by atoms with E-state index >= 15 is 0 Å². The number of benzene rings is 1. The molecule has 0 bridgehead atoms. The van der Waals surface area contributed by atoms with Gasteiger partial charge < -0.3 is 34.0 Å². The van der Waals surface area contributed by atoms with Gasteiger partial charge in [0.05, 0.1) is 39.7 Å². The number of halogens is 1. The SMILES string of the molecule is COc1ccc(CN=C(NCCc2ccco2)NCC2COC3(CCOCC3)O2)cc1.I. The van der Waals surface area contributed by atoms with Gasteiger partial charge in [-0.3, -0.25) is 0 Å². The number of hydrogen-bond donors (Lipinski definition) is 2. The van der Waals surface area contributed by atoms with E-state index in [4.69, 9.17) is 28.4 Å². The van der Waals surface area contributed by atoms with Crippen molar-refractivity contribution in [2.75, 3.05) is 40.0 Å². The van der Waals surface area contributed by atoms with Crippen LogP contribution in [0.3, 0.4) is 0 Å². The van der Waals surface area contributed by atoms with E-state index in [1.165, 1.54) is 0 Å². The summed E-state index contributed by atoms with van der Waals surface area (Å²) in [5, 5.41) is 6.79. The van der Waals surface area contributed by atoms with Gasteiger partial charge in [-0.2, -0.15) is 0 Å². The van der Waals surface area contributed by atoms with Crippen molar-refractivity contribution in [1.29, 1.82) is 0 Å². The number of nitrogens with one attached hydrogen (secondary N) is 2. The molecule has 8 nitrogen and oxygen atoms in total.